The Bertz CT molecular complexity index is 546. The molecule has 2 atom stereocenters. The fourth-order valence-electron chi connectivity index (χ4n) is 2.25. The van der Waals surface area contributed by atoms with Crippen LogP contribution in [0.3, 0.4) is 0 Å². The quantitative estimate of drug-likeness (QED) is 0.477. The molecule has 0 radical (unpaired) electrons. The molecule has 0 bridgehead atoms. The van der Waals surface area contributed by atoms with Gasteiger partial charge >= 0.3 is 0 Å². The second-order valence-corrected chi connectivity index (χ2v) is 5.12. The van der Waals surface area contributed by atoms with Gasteiger partial charge in [-0.2, -0.15) is 0 Å². The summed E-state index contributed by atoms with van der Waals surface area (Å²) in [4.78, 5) is 24.0. The van der Waals surface area contributed by atoms with E-state index < -0.39 is 11.0 Å². The number of carbonyl (C=O) groups is 1. The van der Waals surface area contributed by atoms with Crippen molar-refractivity contribution in [2.75, 3.05) is 18.8 Å². The van der Waals surface area contributed by atoms with Crippen molar-refractivity contribution in [1.29, 1.82) is 0 Å². The molecule has 7 heteroatoms. The fraction of sp³-hybridized carbons (Fsp3) is 0.462. The third-order valence-corrected chi connectivity index (χ3v) is 3.68. The van der Waals surface area contributed by atoms with E-state index in [-0.39, 0.29) is 35.3 Å². The molecule has 1 fully saturated rings. The summed E-state index contributed by atoms with van der Waals surface area (Å²) in [6, 6.07) is 4.01. The number of likely N-dealkylation sites (tertiary alicyclic amines) is 1. The van der Waals surface area contributed by atoms with E-state index >= 15 is 0 Å². The van der Waals surface area contributed by atoms with Crippen molar-refractivity contribution in [3.8, 4) is 0 Å². The average Bonchev–Trinajstić information content (AvgIpc) is 2.41. The number of nitrogens with zero attached hydrogens (tertiary/aromatic N) is 2. The van der Waals surface area contributed by atoms with Crippen LogP contribution >= 0.6 is 0 Å². The molecular formula is C13H17N3O4. The number of rotatable bonds is 2. The molecular weight excluding hydrogens is 262 g/mol. The number of carbonyl (C=O) groups excluding carboxylic acids is 1. The van der Waals surface area contributed by atoms with E-state index in [9.17, 15) is 20.0 Å². The maximum absolute atomic E-state index is 12.3. The van der Waals surface area contributed by atoms with E-state index in [4.69, 9.17) is 5.73 Å². The molecule has 20 heavy (non-hydrogen) atoms. The SMILES string of the molecule is CC1CCN(C(=O)c2ccc(N)c([N+](=O)[O-])c2)CC1O. The summed E-state index contributed by atoms with van der Waals surface area (Å²) in [7, 11) is 0. The smallest absolute Gasteiger partial charge is 0.292 e. The Morgan fingerprint density at radius 1 is 1.55 bits per heavy atom. The van der Waals surface area contributed by atoms with E-state index in [1.165, 1.54) is 23.1 Å². The highest BCUT2D eigenvalue weighted by atomic mass is 16.6. The van der Waals surface area contributed by atoms with Gasteiger partial charge in [0, 0.05) is 24.7 Å². The van der Waals surface area contributed by atoms with Gasteiger partial charge in [0.25, 0.3) is 11.6 Å². The first-order valence-electron chi connectivity index (χ1n) is 6.41. The zero-order chi connectivity index (χ0) is 14.9. The lowest BCUT2D eigenvalue weighted by Crippen LogP contribution is -2.45. The van der Waals surface area contributed by atoms with Gasteiger partial charge in [-0.05, 0) is 24.5 Å². The van der Waals surface area contributed by atoms with Gasteiger partial charge in [-0.15, -0.1) is 0 Å². The Morgan fingerprint density at radius 3 is 2.85 bits per heavy atom. The van der Waals surface area contributed by atoms with Gasteiger partial charge in [0.15, 0.2) is 0 Å². The lowest BCUT2D eigenvalue weighted by Gasteiger charge is -2.34. The van der Waals surface area contributed by atoms with Crippen LogP contribution in [0.25, 0.3) is 0 Å². The molecule has 2 rings (SSSR count). The highest BCUT2D eigenvalue weighted by Crippen LogP contribution is 2.24. The molecule has 0 aromatic heterocycles. The van der Waals surface area contributed by atoms with Crippen molar-refractivity contribution in [2.24, 2.45) is 5.92 Å². The maximum atomic E-state index is 12.3. The normalized spacial score (nSPS) is 22.6. The van der Waals surface area contributed by atoms with Crippen molar-refractivity contribution in [1.82, 2.24) is 4.90 Å². The Labute approximate surface area is 116 Å². The van der Waals surface area contributed by atoms with E-state index in [0.717, 1.165) is 0 Å². The van der Waals surface area contributed by atoms with Crippen LogP contribution in [0.15, 0.2) is 18.2 Å². The van der Waals surface area contributed by atoms with Crippen LogP contribution < -0.4 is 5.73 Å². The molecule has 1 heterocycles. The van der Waals surface area contributed by atoms with Crippen LogP contribution in [-0.2, 0) is 0 Å². The monoisotopic (exact) mass is 279 g/mol. The number of nitrogens with two attached hydrogens (primary N) is 1. The topological polar surface area (TPSA) is 110 Å². The number of piperidine rings is 1. The van der Waals surface area contributed by atoms with Gasteiger partial charge in [0.05, 0.1) is 11.0 Å². The van der Waals surface area contributed by atoms with Crippen LogP contribution in [0, 0.1) is 16.0 Å². The largest absolute Gasteiger partial charge is 0.393 e. The molecule has 1 saturated heterocycles. The van der Waals surface area contributed by atoms with E-state index in [0.29, 0.717) is 13.0 Å². The molecule has 1 amide bonds. The zero-order valence-electron chi connectivity index (χ0n) is 11.2. The number of hydrogen-bond acceptors (Lipinski definition) is 5. The van der Waals surface area contributed by atoms with Crippen LogP contribution in [0.4, 0.5) is 11.4 Å². The van der Waals surface area contributed by atoms with Crippen molar-refractivity contribution in [3.05, 3.63) is 33.9 Å². The minimum absolute atomic E-state index is 0.0267. The molecule has 0 spiro atoms. The Hall–Kier alpha value is -2.15. The molecule has 0 saturated carbocycles. The summed E-state index contributed by atoms with van der Waals surface area (Å²) in [5.41, 5.74) is 5.47. The third-order valence-electron chi connectivity index (χ3n) is 3.68. The summed E-state index contributed by atoms with van der Waals surface area (Å²) in [5, 5.41) is 20.6. The zero-order valence-corrected chi connectivity index (χ0v) is 11.2. The number of aliphatic hydroxyl groups is 1. The van der Waals surface area contributed by atoms with Crippen LogP contribution in [-0.4, -0.2) is 40.0 Å². The number of aliphatic hydroxyl groups excluding tert-OH is 1. The highest BCUT2D eigenvalue weighted by Gasteiger charge is 2.28. The Morgan fingerprint density at radius 2 is 2.25 bits per heavy atom. The summed E-state index contributed by atoms with van der Waals surface area (Å²) in [6.45, 7) is 2.72. The first-order chi connectivity index (χ1) is 9.40. The van der Waals surface area contributed by atoms with Crippen molar-refractivity contribution >= 4 is 17.3 Å². The number of amides is 1. The molecule has 0 aliphatic carbocycles. The molecule has 3 N–H and O–H groups in total. The molecule has 1 aromatic rings. The highest BCUT2D eigenvalue weighted by molar-refractivity contribution is 5.95. The van der Waals surface area contributed by atoms with Crippen molar-refractivity contribution in [2.45, 2.75) is 19.4 Å². The van der Waals surface area contributed by atoms with E-state index in [2.05, 4.69) is 0 Å². The van der Waals surface area contributed by atoms with E-state index in [1.807, 2.05) is 6.92 Å². The Kier molecular flexibility index (Phi) is 3.89. The molecule has 1 aliphatic rings. The lowest BCUT2D eigenvalue weighted by atomic mass is 9.95. The molecule has 1 aliphatic heterocycles. The summed E-state index contributed by atoms with van der Waals surface area (Å²) >= 11 is 0. The van der Waals surface area contributed by atoms with Gasteiger partial charge in [-0.1, -0.05) is 6.92 Å². The van der Waals surface area contributed by atoms with Crippen LogP contribution in [0.5, 0.6) is 0 Å². The van der Waals surface area contributed by atoms with Gasteiger partial charge in [-0.25, -0.2) is 0 Å². The number of β-amino-alcohol motifs (C(OH)–C–C–N with tert-alkyl or cyclic N) is 1. The van der Waals surface area contributed by atoms with Gasteiger partial charge in [-0.3, -0.25) is 14.9 Å². The number of nitrogen functional groups attached to an aromatic ring is 1. The van der Waals surface area contributed by atoms with Gasteiger partial charge < -0.3 is 15.7 Å². The third kappa shape index (κ3) is 2.72. The minimum Gasteiger partial charge on any atom is -0.393 e. The number of benzene rings is 1. The van der Waals surface area contributed by atoms with Gasteiger partial charge in [0.1, 0.15) is 5.69 Å². The second kappa shape index (κ2) is 5.46. The molecule has 1 aromatic carbocycles. The number of nitro groups is 1. The predicted molar refractivity (Wildman–Crippen MR) is 73.2 cm³/mol. The minimum atomic E-state index is -0.612. The molecule has 108 valence electrons. The summed E-state index contributed by atoms with van der Waals surface area (Å²) < 4.78 is 0. The number of nitro benzene ring substituents is 1. The maximum Gasteiger partial charge on any atom is 0.292 e. The average molecular weight is 279 g/mol. The lowest BCUT2D eigenvalue weighted by molar-refractivity contribution is -0.383. The summed E-state index contributed by atoms with van der Waals surface area (Å²) in [5.74, 6) is -0.168. The van der Waals surface area contributed by atoms with E-state index in [1.54, 1.807) is 0 Å². The first-order valence-corrected chi connectivity index (χ1v) is 6.41. The standard InChI is InChI=1S/C13H17N3O4/c1-8-4-5-15(7-12(8)17)13(18)9-2-3-10(14)11(6-9)16(19)20/h2-3,6,8,12,17H,4-5,7,14H2,1H3. The molecule has 2 unspecified atom stereocenters. The Balaban J connectivity index is 2.21. The first kappa shape index (κ1) is 14.3. The number of hydrogen-bond donors (Lipinski definition) is 2. The van der Waals surface area contributed by atoms with Crippen LogP contribution in [0.1, 0.15) is 23.7 Å². The summed E-state index contributed by atoms with van der Waals surface area (Å²) in [6.07, 6.45) is 0.153. The second-order valence-electron chi connectivity index (χ2n) is 5.12. The van der Waals surface area contributed by atoms with Crippen molar-refractivity contribution < 1.29 is 14.8 Å². The van der Waals surface area contributed by atoms with Crippen molar-refractivity contribution in [3.63, 3.8) is 0 Å². The molecule has 7 nitrogen and oxygen atoms in total. The fourth-order valence-corrected chi connectivity index (χ4v) is 2.25. The predicted octanol–water partition coefficient (Wildman–Crippen LogP) is 1.02. The number of anilines is 1. The van der Waals surface area contributed by atoms with Crippen LogP contribution in [0.2, 0.25) is 0 Å². The van der Waals surface area contributed by atoms with Gasteiger partial charge in [0.2, 0.25) is 0 Å².